The lowest BCUT2D eigenvalue weighted by Crippen LogP contribution is -2.33. The van der Waals surface area contributed by atoms with E-state index in [2.05, 4.69) is 5.10 Å². The van der Waals surface area contributed by atoms with Gasteiger partial charge in [-0.2, -0.15) is 5.10 Å². The average molecular weight is 272 g/mol. The van der Waals surface area contributed by atoms with Crippen molar-refractivity contribution in [3.8, 4) is 0 Å². The topological polar surface area (TPSA) is 64.2 Å². The van der Waals surface area contributed by atoms with Gasteiger partial charge in [0.15, 0.2) is 0 Å². The Labute approximate surface area is 119 Å². The average Bonchev–Trinajstić information content (AvgIpc) is 2.87. The smallest absolute Gasteiger partial charge is 0.261 e. The summed E-state index contributed by atoms with van der Waals surface area (Å²) in [5, 5.41) is 4.06. The summed E-state index contributed by atoms with van der Waals surface area (Å²) < 4.78 is 1.63. The molecule has 0 atom stereocenters. The summed E-state index contributed by atoms with van der Waals surface area (Å²) in [6.07, 6.45) is 4.09. The van der Waals surface area contributed by atoms with Gasteiger partial charge in [-0.05, 0) is 31.5 Å². The van der Waals surface area contributed by atoms with Crippen molar-refractivity contribution >= 4 is 11.6 Å². The number of benzene rings is 1. The second kappa shape index (κ2) is 6.34. The standard InChI is InChI=1S/C15H20N4O/c1-12-6-3-4-7-14(12)19(9-5-8-16)15(20)13-10-17-18(2)11-13/h3-4,6-7,10-11H,5,8-9,16H2,1-2H3. The Hall–Kier alpha value is -2.14. The van der Waals surface area contributed by atoms with Crippen molar-refractivity contribution < 1.29 is 4.79 Å². The molecule has 0 saturated carbocycles. The van der Waals surface area contributed by atoms with Gasteiger partial charge in [-0.1, -0.05) is 18.2 Å². The van der Waals surface area contributed by atoms with E-state index in [1.165, 1.54) is 0 Å². The summed E-state index contributed by atoms with van der Waals surface area (Å²) in [5.74, 6) is -0.0409. The first kappa shape index (κ1) is 14.3. The van der Waals surface area contributed by atoms with E-state index in [-0.39, 0.29) is 5.91 Å². The highest BCUT2D eigenvalue weighted by Crippen LogP contribution is 2.21. The van der Waals surface area contributed by atoms with Crippen LogP contribution < -0.4 is 10.6 Å². The monoisotopic (exact) mass is 272 g/mol. The molecule has 5 heteroatoms. The molecule has 20 heavy (non-hydrogen) atoms. The van der Waals surface area contributed by atoms with Gasteiger partial charge in [-0.25, -0.2) is 0 Å². The minimum Gasteiger partial charge on any atom is -0.330 e. The number of hydrogen-bond donors (Lipinski definition) is 1. The third kappa shape index (κ3) is 3.05. The van der Waals surface area contributed by atoms with Crippen molar-refractivity contribution in [3.63, 3.8) is 0 Å². The molecular formula is C15H20N4O. The lowest BCUT2D eigenvalue weighted by Gasteiger charge is -2.23. The van der Waals surface area contributed by atoms with Gasteiger partial charge in [-0.15, -0.1) is 0 Å². The molecule has 0 unspecified atom stereocenters. The van der Waals surface area contributed by atoms with Crippen LogP contribution in [0.2, 0.25) is 0 Å². The van der Waals surface area contributed by atoms with Crippen LogP contribution in [0.1, 0.15) is 22.3 Å². The van der Waals surface area contributed by atoms with Gasteiger partial charge in [0.1, 0.15) is 0 Å². The Kier molecular flexibility index (Phi) is 4.53. The molecule has 0 aliphatic carbocycles. The van der Waals surface area contributed by atoms with E-state index in [1.807, 2.05) is 31.2 Å². The number of anilines is 1. The van der Waals surface area contributed by atoms with Crippen LogP contribution in [0.3, 0.4) is 0 Å². The molecule has 0 bridgehead atoms. The Morgan fingerprint density at radius 3 is 2.75 bits per heavy atom. The number of rotatable bonds is 5. The summed E-state index contributed by atoms with van der Waals surface area (Å²) >= 11 is 0. The van der Waals surface area contributed by atoms with E-state index in [0.717, 1.165) is 17.7 Å². The second-order valence-corrected chi connectivity index (χ2v) is 4.79. The van der Waals surface area contributed by atoms with Crippen LogP contribution in [0.25, 0.3) is 0 Å². The number of nitrogens with two attached hydrogens (primary N) is 1. The molecule has 0 spiro atoms. The van der Waals surface area contributed by atoms with E-state index >= 15 is 0 Å². The fraction of sp³-hybridized carbons (Fsp3) is 0.333. The highest BCUT2D eigenvalue weighted by Gasteiger charge is 2.19. The summed E-state index contributed by atoms with van der Waals surface area (Å²) in [6.45, 7) is 3.17. The molecule has 1 heterocycles. The molecule has 2 rings (SSSR count). The lowest BCUT2D eigenvalue weighted by atomic mass is 10.1. The molecule has 0 radical (unpaired) electrons. The molecular weight excluding hydrogens is 252 g/mol. The molecule has 2 N–H and O–H groups in total. The Bertz CT molecular complexity index is 591. The minimum atomic E-state index is -0.0409. The third-order valence-corrected chi connectivity index (χ3v) is 3.19. The Balaban J connectivity index is 2.32. The van der Waals surface area contributed by atoms with Gasteiger partial charge in [0.25, 0.3) is 5.91 Å². The lowest BCUT2D eigenvalue weighted by molar-refractivity contribution is 0.0986. The van der Waals surface area contributed by atoms with Crippen LogP contribution in [-0.4, -0.2) is 28.8 Å². The maximum atomic E-state index is 12.6. The fourth-order valence-electron chi connectivity index (χ4n) is 2.13. The van der Waals surface area contributed by atoms with Crippen LogP contribution in [0, 0.1) is 6.92 Å². The van der Waals surface area contributed by atoms with Gasteiger partial charge in [0.05, 0.1) is 11.8 Å². The molecule has 106 valence electrons. The van der Waals surface area contributed by atoms with Gasteiger partial charge in [0, 0.05) is 25.5 Å². The van der Waals surface area contributed by atoms with Crippen molar-refractivity contribution in [2.75, 3.05) is 18.0 Å². The Morgan fingerprint density at radius 2 is 2.15 bits per heavy atom. The summed E-state index contributed by atoms with van der Waals surface area (Å²) in [5.41, 5.74) is 8.17. The summed E-state index contributed by atoms with van der Waals surface area (Å²) in [7, 11) is 1.80. The predicted molar refractivity (Wildman–Crippen MR) is 79.7 cm³/mol. The van der Waals surface area contributed by atoms with Crippen LogP contribution in [0.4, 0.5) is 5.69 Å². The largest absolute Gasteiger partial charge is 0.330 e. The maximum absolute atomic E-state index is 12.6. The first-order valence-corrected chi connectivity index (χ1v) is 6.69. The predicted octanol–water partition coefficient (Wildman–Crippen LogP) is 1.72. The van der Waals surface area contributed by atoms with Crippen LogP contribution >= 0.6 is 0 Å². The molecule has 1 amide bonds. The molecule has 0 aliphatic rings. The van der Waals surface area contributed by atoms with Gasteiger partial charge in [-0.3, -0.25) is 9.48 Å². The Morgan fingerprint density at radius 1 is 1.40 bits per heavy atom. The zero-order valence-corrected chi connectivity index (χ0v) is 11.9. The van der Waals surface area contributed by atoms with Crippen LogP contribution in [0.5, 0.6) is 0 Å². The quantitative estimate of drug-likeness (QED) is 0.901. The highest BCUT2D eigenvalue weighted by molar-refractivity contribution is 6.06. The van der Waals surface area contributed by atoms with E-state index in [0.29, 0.717) is 18.7 Å². The molecule has 0 aliphatic heterocycles. The number of aryl methyl sites for hydroxylation is 2. The normalized spacial score (nSPS) is 10.6. The number of amides is 1. The molecule has 5 nitrogen and oxygen atoms in total. The molecule has 0 saturated heterocycles. The number of carbonyl (C=O) groups is 1. The highest BCUT2D eigenvalue weighted by atomic mass is 16.2. The summed E-state index contributed by atoms with van der Waals surface area (Å²) in [4.78, 5) is 14.4. The van der Waals surface area contributed by atoms with Crippen LogP contribution in [-0.2, 0) is 7.05 Å². The maximum Gasteiger partial charge on any atom is 0.261 e. The molecule has 2 aromatic rings. The van der Waals surface area contributed by atoms with Crippen molar-refractivity contribution in [3.05, 3.63) is 47.8 Å². The zero-order valence-electron chi connectivity index (χ0n) is 11.9. The molecule has 0 fully saturated rings. The minimum absolute atomic E-state index is 0.0409. The van der Waals surface area contributed by atoms with E-state index in [1.54, 1.807) is 29.0 Å². The first-order valence-electron chi connectivity index (χ1n) is 6.69. The molecule has 1 aromatic carbocycles. The molecule has 1 aromatic heterocycles. The summed E-state index contributed by atoms with van der Waals surface area (Å²) in [6, 6.07) is 7.87. The number of para-hydroxylation sites is 1. The number of nitrogens with zero attached hydrogens (tertiary/aromatic N) is 3. The van der Waals surface area contributed by atoms with Gasteiger partial charge in [0.2, 0.25) is 0 Å². The number of aromatic nitrogens is 2. The van der Waals surface area contributed by atoms with Gasteiger partial charge >= 0.3 is 0 Å². The SMILES string of the molecule is Cc1ccccc1N(CCCN)C(=O)c1cnn(C)c1. The van der Waals surface area contributed by atoms with Gasteiger partial charge < -0.3 is 10.6 Å². The van der Waals surface area contributed by atoms with Crippen molar-refractivity contribution in [1.29, 1.82) is 0 Å². The second-order valence-electron chi connectivity index (χ2n) is 4.79. The van der Waals surface area contributed by atoms with E-state index in [4.69, 9.17) is 5.73 Å². The fourth-order valence-corrected chi connectivity index (χ4v) is 2.13. The van der Waals surface area contributed by atoms with Crippen molar-refractivity contribution in [2.45, 2.75) is 13.3 Å². The zero-order chi connectivity index (χ0) is 14.5. The van der Waals surface area contributed by atoms with Crippen molar-refractivity contribution in [2.24, 2.45) is 12.8 Å². The third-order valence-electron chi connectivity index (χ3n) is 3.19. The number of carbonyl (C=O) groups excluding carboxylic acids is 1. The number of hydrogen-bond acceptors (Lipinski definition) is 3. The first-order chi connectivity index (χ1) is 9.63. The van der Waals surface area contributed by atoms with Crippen molar-refractivity contribution in [1.82, 2.24) is 9.78 Å². The van der Waals surface area contributed by atoms with Crippen LogP contribution in [0.15, 0.2) is 36.7 Å². The van der Waals surface area contributed by atoms with E-state index in [9.17, 15) is 4.79 Å². The van der Waals surface area contributed by atoms with E-state index < -0.39 is 0 Å².